The molecule has 0 aliphatic carbocycles. The molecule has 60 valence electrons. The molecule has 6 heteroatoms. The molecule has 0 radical (unpaired) electrons. The number of nitrogens with one attached hydrogen (secondary N) is 2. The van der Waals surface area contributed by atoms with Crippen molar-refractivity contribution in [3.8, 4) is 0 Å². The lowest BCUT2D eigenvalue weighted by Gasteiger charge is -1.98. The maximum atomic E-state index is 10.7. The van der Waals surface area contributed by atoms with Crippen molar-refractivity contribution in [3.05, 3.63) is 5.51 Å². The van der Waals surface area contributed by atoms with Crippen LogP contribution >= 0.6 is 11.3 Å². The van der Waals surface area contributed by atoms with E-state index < -0.39 is 0 Å². The lowest BCUT2D eigenvalue weighted by molar-refractivity contribution is -0.118. The third kappa shape index (κ3) is 2.50. The zero-order valence-corrected chi connectivity index (χ0v) is 6.81. The SMILES string of the molecule is CNC(=O)CNc1nncs1. The van der Waals surface area contributed by atoms with Gasteiger partial charge in [0.1, 0.15) is 5.51 Å². The number of nitrogens with zero attached hydrogens (tertiary/aromatic N) is 2. The van der Waals surface area contributed by atoms with Crippen LogP contribution in [0.1, 0.15) is 0 Å². The number of anilines is 1. The number of aromatic nitrogens is 2. The van der Waals surface area contributed by atoms with Gasteiger partial charge < -0.3 is 10.6 Å². The summed E-state index contributed by atoms with van der Waals surface area (Å²) in [6, 6.07) is 0. The van der Waals surface area contributed by atoms with Crippen LogP contribution in [-0.4, -0.2) is 29.7 Å². The van der Waals surface area contributed by atoms with Crippen molar-refractivity contribution in [1.82, 2.24) is 15.5 Å². The molecule has 0 bridgehead atoms. The first-order chi connectivity index (χ1) is 5.33. The van der Waals surface area contributed by atoms with Crippen LogP contribution in [0.3, 0.4) is 0 Å². The number of hydrogen-bond acceptors (Lipinski definition) is 5. The molecule has 1 aromatic heterocycles. The third-order valence-corrected chi connectivity index (χ3v) is 1.69. The third-order valence-electron chi connectivity index (χ3n) is 1.04. The molecule has 1 aromatic rings. The van der Waals surface area contributed by atoms with Crippen molar-refractivity contribution < 1.29 is 4.79 Å². The van der Waals surface area contributed by atoms with Crippen LogP contribution in [0.5, 0.6) is 0 Å². The van der Waals surface area contributed by atoms with Crippen molar-refractivity contribution in [3.63, 3.8) is 0 Å². The second kappa shape index (κ2) is 3.87. The fourth-order valence-electron chi connectivity index (χ4n) is 0.494. The Bertz CT molecular complexity index is 222. The molecule has 11 heavy (non-hydrogen) atoms. The van der Waals surface area contributed by atoms with Crippen molar-refractivity contribution in [2.24, 2.45) is 0 Å². The highest BCUT2D eigenvalue weighted by Crippen LogP contribution is 2.06. The zero-order chi connectivity index (χ0) is 8.10. The summed E-state index contributed by atoms with van der Waals surface area (Å²) < 4.78 is 0. The summed E-state index contributed by atoms with van der Waals surface area (Å²) in [5.41, 5.74) is 1.60. The summed E-state index contributed by atoms with van der Waals surface area (Å²) >= 11 is 1.36. The second-order valence-electron chi connectivity index (χ2n) is 1.77. The van der Waals surface area contributed by atoms with E-state index in [9.17, 15) is 4.79 Å². The van der Waals surface area contributed by atoms with Gasteiger partial charge in [0.2, 0.25) is 11.0 Å². The Kier molecular flexibility index (Phi) is 2.79. The van der Waals surface area contributed by atoms with Gasteiger partial charge in [0, 0.05) is 7.05 Å². The highest BCUT2D eigenvalue weighted by Gasteiger charge is 1.98. The van der Waals surface area contributed by atoms with Gasteiger partial charge in [-0.05, 0) is 0 Å². The highest BCUT2D eigenvalue weighted by molar-refractivity contribution is 7.13. The second-order valence-corrected chi connectivity index (χ2v) is 2.60. The molecule has 0 fully saturated rings. The molecule has 1 amide bonds. The van der Waals surface area contributed by atoms with E-state index in [1.165, 1.54) is 11.3 Å². The van der Waals surface area contributed by atoms with Crippen LogP contribution in [0.15, 0.2) is 5.51 Å². The normalized spacial score (nSPS) is 9.18. The largest absolute Gasteiger partial charge is 0.358 e. The Balaban J connectivity index is 2.29. The van der Waals surface area contributed by atoms with E-state index in [0.717, 1.165) is 0 Å². The van der Waals surface area contributed by atoms with Crippen LogP contribution in [-0.2, 0) is 4.79 Å². The Morgan fingerprint density at radius 2 is 2.64 bits per heavy atom. The number of rotatable bonds is 3. The van der Waals surface area contributed by atoms with E-state index >= 15 is 0 Å². The van der Waals surface area contributed by atoms with Gasteiger partial charge in [0.15, 0.2) is 0 Å². The van der Waals surface area contributed by atoms with Gasteiger partial charge in [0.05, 0.1) is 6.54 Å². The van der Waals surface area contributed by atoms with Gasteiger partial charge in [0.25, 0.3) is 0 Å². The van der Waals surface area contributed by atoms with Crippen LogP contribution in [0.2, 0.25) is 0 Å². The van der Waals surface area contributed by atoms with Crippen LogP contribution in [0.25, 0.3) is 0 Å². The average Bonchev–Trinajstić information content (AvgIpc) is 2.52. The quantitative estimate of drug-likeness (QED) is 0.656. The minimum Gasteiger partial charge on any atom is -0.358 e. The highest BCUT2D eigenvalue weighted by atomic mass is 32.1. The summed E-state index contributed by atoms with van der Waals surface area (Å²) in [6.45, 7) is 0.242. The molecular formula is C5H8N4OS. The lowest BCUT2D eigenvalue weighted by atomic mass is 10.6. The predicted octanol–water partition coefficient (Wildman–Crippen LogP) is -0.304. The van der Waals surface area contributed by atoms with Crippen LogP contribution < -0.4 is 10.6 Å². The maximum Gasteiger partial charge on any atom is 0.239 e. The van der Waals surface area contributed by atoms with Gasteiger partial charge in [-0.15, -0.1) is 10.2 Å². The number of hydrogen-bond donors (Lipinski definition) is 2. The number of amides is 1. The Hall–Kier alpha value is -1.17. The van der Waals surface area contributed by atoms with E-state index in [-0.39, 0.29) is 12.5 Å². The van der Waals surface area contributed by atoms with Crippen molar-refractivity contribution in [2.75, 3.05) is 18.9 Å². The monoisotopic (exact) mass is 172 g/mol. The lowest BCUT2D eigenvalue weighted by Crippen LogP contribution is -2.26. The fraction of sp³-hybridized carbons (Fsp3) is 0.400. The molecule has 0 unspecified atom stereocenters. The van der Waals surface area contributed by atoms with Gasteiger partial charge in [-0.3, -0.25) is 4.79 Å². The Labute approximate surface area is 67.8 Å². The van der Waals surface area contributed by atoms with Gasteiger partial charge in [-0.2, -0.15) is 0 Å². The molecule has 5 nitrogen and oxygen atoms in total. The molecule has 1 rings (SSSR count). The zero-order valence-electron chi connectivity index (χ0n) is 6.00. The minimum atomic E-state index is -0.0693. The number of carbonyl (C=O) groups is 1. The first-order valence-corrected chi connectivity index (χ1v) is 3.91. The first kappa shape index (κ1) is 7.93. The standard InChI is InChI=1S/C5H8N4OS/c1-6-4(10)2-7-5-9-8-3-11-5/h3H,2H2,1H3,(H,6,10)(H,7,9). The average molecular weight is 172 g/mol. The molecule has 2 N–H and O–H groups in total. The fourth-order valence-corrected chi connectivity index (χ4v) is 0.938. The minimum absolute atomic E-state index is 0.0693. The van der Waals surface area contributed by atoms with E-state index in [1.807, 2.05) is 0 Å². The number of carbonyl (C=O) groups excluding carboxylic acids is 1. The van der Waals surface area contributed by atoms with E-state index in [1.54, 1.807) is 12.6 Å². The van der Waals surface area contributed by atoms with Crippen molar-refractivity contribution >= 4 is 22.4 Å². The van der Waals surface area contributed by atoms with E-state index in [4.69, 9.17) is 0 Å². The Morgan fingerprint density at radius 1 is 1.82 bits per heavy atom. The van der Waals surface area contributed by atoms with E-state index in [2.05, 4.69) is 20.8 Å². The molecular weight excluding hydrogens is 164 g/mol. The summed E-state index contributed by atoms with van der Waals surface area (Å²) in [5, 5.41) is 13.3. The predicted molar refractivity (Wildman–Crippen MR) is 42.5 cm³/mol. The molecule has 1 heterocycles. The summed E-state index contributed by atoms with van der Waals surface area (Å²) in [7, 11) is 1.59. The molecule has 0 spiro atoms. The molecule has 0 aliphatic rings. The summed E-state index contributed by atoms with van der Waals surface area (Å²) in [6.07, 6.45) is 0. The molecule has 0 saturated heterocycles. The van der Waals surface area contributed by atoms with Crippen molar-refractivity contribution in [2.45, 2.75) is 0 Å². The number of likely N-dealkylation sites (N-methyl/N-ethyl adjacent to an activating group) is 1. The summed E-state index contributed by atoms with van der Waals surface area (Å²) in [4.78, 5) is 10.7. The van der Waals surface area contributed by atoms with Gasteiger partial charge >= 0.3 is 0 Å². The van der Waals surface area contributed by atoms with Gasteiger partial charge in [-0.1, -0.05) is 11.3 Å². The molecule has 0 aromatic carbocycles. The topological polar surface area (TPSA) is 66.9 Å². The smallest absolute Gasteiger partial charge is 0.239 e. The molecule has 0 saturated carbocycles. The van der Waals surface area contributed by atoms with Crippen LogP contribution in [0.4, 0.5) is 5.13 Å². The van der Waals surface area contributed by atoms with Crippen LogP contribution in [0, 0.1) is 0 Å². The first-order valence-electron chi connectivity index (χ1n) is 3.03. The molecule has 0 atom stereocenters. The Morgan fingerprint density at radius 3 is 3.18 bits per heavy atom. The van der Waals surface area contributed by atoms with Crippen molar-refractivity contribution in [1.29, 1.82) is 0 Å². The van der Waals surface area contributed by atoms with Gasteiger partial charge in [-0.25, -0.2) is 0 Å². The van der Waals surface area contributed by atoms with E-state index in [0.29, 0.717) is 5.13 Å². The molecule has 0 aliphatic heterocycles. The maximum absolute atomic E-state index is 10.7. The summed E-state index contributed by atoms with van der Waals surface area (Å²) in [5.74, 6) is -0.0693.